The molecule has 206 valence electrons. The zero-order valence-electron chi connectivity index (χ0n) is 22.3. The molecule has 0 aliphatic carbocycles. The number of nitrogens with zero attached hydrogens (tertiary/aromatic N) is 3. The van der Waals surface area contributed by atoms with Crippen LogP contribution >= 0.6 is 38.9 Å². The molecule has 0 amide bonds. The Balaban J connectivity index is 1.52. The first-order chi connectivity index (χ1) is 19.9. The van der Waals surface area contributed by atoms with Gasteiger partial charge in [0, 0.05) is 38.7 Å². The summed E-state index contributed by atoms with van der Waals surface area (Å²) in [7, 11) is 0. The summed E-state index contributed by atoms with van der Waals surface area (Å²) in [6.45, 7) is 4.38. The summed E-state index contributed by atoms with van der Waals surface area (Å²) in [4.78, 5) is 32.4. The third kappa shape index (κ3) is 5.12. The molecule has 1 unspecified atom stereocenters. The standard InChI is InChI=1S/C32H25BrClN3O3S/c1-3-40-31(39)28-19(2)35-32-37(29(28)20-12-14-23(33)15-13-20)30(38)27(41-32)16-22-18-36(26-11-7-5-9-24(22)26)17-21-8-4-6-10-25(21)34/h4-16,18,29H,3,17H2,1-2H3/b27-16-. The van der Waals surface area contributed by atoms with E-state index in [-0.39, 0.29) is 12.2 Å². The van der Waals surface area contributed by atoms with Crippen LogP contribution in [0, 0.1) is 0 Å². The number of benzene rings is 3. The molecular formula is C32H25BrClN3O3S. The van der Waals surface area contributed by atoms with Gasteiger partial charge in [-0.2, -0.15) is 0 Å². The molecule has 0 fully saturated rings. The molecule has 0 saturated carbocycles. The van der Waals surface area contributed by atoms with Crippen LogP contribution in [0.5, 0.6) is 0 Å². The van der Waals surface area contributed by atoms with E-state index in [2.05, 4.69) is 32.6 Å². The fourth-order valence-electron chi connectivity index (χ4n) is 5.22. The summed E-state index contributed by atoms with van der Waals surface area (Å²) >= 11 is 11.3. The van der Waals surface area contributed by atoms with Crippen molar-refractivity contribution in [2.45, 2.75) is 26.4 Å². The van der Waals surface area contributed by atoms with Crippen LogP contribution in [0.1, 0.15) is 36.6 Å². The fraction of sp³-hybridized carbons (Fsp3) is 0.156. The second kappa shape index (κ2) is 11.3. The minimum absolute atomic E-state index is 0.209. The molecule has 0 bridgehead atoms. The van der Waals surface area contributed by atoms with Crippen molar-refractivity contribution in [3.05, 3.63) is 136 Å². The Hall–Kier alpha value is -3.72. The molecule has 9 heteroatoms. The number of rotatable bonds is 6. The van der Waals surface area contributed by atoms with Crippen LogP contribution in [-0.4, -0.2) is 21.7 Å². The quantitative estimate of drug-likeness (QED) is 0.206. The van der Waals surface area contributed by atoms with Crippen molar-refractivity contribution in [1.82, 2.24) is 9.13 Å². The molecule has 5 aromatic rings. The molecule has 1 aliphatic rings. The Kier molecular flexibility index (Phi) is 7.55. The SMILES string of the molecule is CCOC(=O)C1=C(C)N=c2s/c(=C\c3cn(Cc4ccccc4Cl)c4ccccc34)c(=O)n2C1c1ccc(Br)cc1. The third-order valence-electron chi connectivity index (χ3n) is 7.11. The highest BCUT2D eigenvalue weighted by Crippen LogP contribution is 2.31. The summed E-state index contributed by atoms with van der Waals surface area (Å²) < 4.78 is 10.6. The first-order valence-corrected chi connectivity index (χ1v) is 15.1. The first kappa shape index (κ1) is 27.4. The topological polar surface area (TPSA) is 65.6 Å². The van der Waals surface area contributed by atoms with Crippen LogP contribution in [0.15, 0.2) is 105 Å². The maximum absolute atomic E-state index is 14.1. The normalized spacial score (nSPS) is 15.2. The monoisotopic (exact) mass is 645 g/mol. The Bertz CT molecular complexity index is 2020. The molecule has 1 atom stereocenters. The zero-order valence-corrected chi connectivity index (χ0v) is 25.5. The number of aromatic nitrogens is 2. The van der Waals surface area contributed by atoms with Gasteiger partial charge in [-0.15, -0.1) is 0 Å². The van der Waals surface area contributed by atoms with Gasteiger partial charge in [-0.05, 0) is 55.3 Å². The number of hydrogen-bond donors (Lipinski definition) is 0. The van der Waals surface area contributed by atoms with Gasteiger partial charge in [0.15, 0.2) is 4.80 Å². The van der Waals surface area contributed by atoms with Gasteiger partial charge in [0.05, 0.1) is 28.5 Å². The van der Waals surface area contributed by atoms with Crippen LogP contribution < -0.4 is 14.9 Å². The Labute approximate surface area is 253 Å². The number of para-hydroxylation sites is 1. The summed E-state index contributed by atoms with van der Waals surface area (Å²) in [6, 6.07) is 22.9. The molecule has 6 rings (SSSR count). The summed E-state index contributed by atoms with van der Waals surface area (Å²) in [5, 5.41) is 1.74. The smallest absolute Gasteiger partial charge is 0.338 e. The Morgan fingerprint density at radius 3 is 2.59 bits per heavy atom. The van der Waals surface area contributed by atoms with Gasteiger partial charge in [0.1, 0.15) is 0 Å². The van der Waals surface area contributed by atoms with E-state index in [0.29, 0.717) is 32.2 Å². The van der Waals surface area contributed by atoms with Crippen LogP contribution in [0.4, 0.5) is 0 Å². The van der Waals surface area contributed by atoms with Crippen molar-refractivity contribution >= 4 is 61.8 Å². The van der Waals surface area contributed by atoms with Crippen molar-refractivity contribution in [1.29, 1.82) is 0 Å². The predicted molar refractivity (Wildman–Crippen MR) is 167 cm³/mol. The number of halogens is 2. The first-order valence-electron chi connectivity index (χ1n) is 13.1. The number of allylic oxidation sites excluding steroid dienone is 1. The van der Waals surface area contributed by atoms with Gasteiger partial charge < -0.3 is 9.30 Å². The highest BCUT2D eigenvalue weighted by atomic mass is 79.9. The lowest BCUT2D eigenvalue weighted by Crippen LogP contribution is -2.39. The maximum Gasteiger partial charge on any atom is 0.338 e. The number of carbonyl (C=O) groups excluding carboxylic acids is 1. The van der Waals surface area contributed by atoms with Crippen LogP contribution in [0.2, 0.25) is 5.02 Å². The lowest BCUT2D eigenvalue weighted by Gasteiger charge is -2.24. The molecule has 2 aromatic heterocycles. The van der Waals surface area contributed by atoms with Gasteiger partial charge >= 0.3 is 5.97 Å². The molecule has 0 spiro atoms. The van der Waals surface area contributed by atoms with E-state index in [1.165, 1.54) is 11.3 Å². The van der Waals surface area contributed by atoms with Gasteiger partial charge in [0.25, 0.3) is 5.56 Å². The van der Waals surface area contributed by atoms with E-state index in [1.807, 2.05) is 72.9 Å². The van der Waals surface area contributed by atoms with Gasteiger partial charge in [-0.25, -0.2) is 9.79 Å². The molecule has 0 saturated heterocycles. The second-order valence-corrected chi connectivity index (χ2v) is 12.0. The lowest BCUT2D eigenvalue weighted by molar-refractivity contribution is -0.139. The number of carbonyl (C=O) groups is 1. The van der Waals surface area contributed by atoms with Crippen LogP contribution in [0.25, 0.3) is 17.0 Å². The number of fused-ring (bicyclic) bond motifs is 2. The molecule has 3 heterocycles. The Morgan fingerprint density at radius 1 is 1.10 bits per heavy atom. The van der Waals surface area contributed by atoms with Crippen LogP contribution in [0.3, 0.4) is 0 Å². The minimum Gasteiger partial charge on any atom is -0.463 e. The van der Waals surface area contributed by atoms with E-state index < -0.39 is 12.0 Å². The van der Waals surface area contributed by atoms with Crippen molar-refractivity contribution in [2.75, 3.05) is 6.61 Å². The highest BCUT2D eigenvalue weighted by molar-refractivity contribution is 9.10. The van der Waals surface area contributed by atoms with Crippen LogP contribution in [-0.2, 0) is 16.1 Å². The summed E-state index contributed by atoms with van der Waals surface area (Å²) in [6.07, 6.45) is 3.96. The zero-order chi connectivity index (χ0) is 28.7. The predicted octanol–water partition coefficient (Wildman–Crippen LogP) is 6.22. The molecular weight excluding hydrogens is 622 g/mol. The van der Waals surface area contributed by atoms with Crippen molar-refractivity contribution in [3.63, 3.8) is 0 Å². The van der Waals surface area contributed by atoms with Crippen molar-refractivity contribution in [3.8, 4) is 0 Å². The number of ether oxygens (including phenoxy) is 1. The fourth-order valence-corrected chi connectivity index (χ4v) is 6.72. The van der Waals surface area contributed by atoms with E-state index in [4.69, 9.17) is 21.3 Å². The lowest BCUT2D eigenvalue weighted by atomic mass is 9.96. The average molecular weight is 647 g/mol. The van der Waals surface area contributed by atoms with E-state index >= 15 is 0 Å². The Morgan fingerprint density at radius 2 is 1.83 bits per heavy atom. The maximum atomic E-state index is 14.1. The minimum atomic E-state index is -0.651. The number of esters is 1. The van der Waals surface area contributed by atoms with Gasteiger partial charge in [0.2, 0.25) is 0 Å². The van der Waals surface area contributed by atoms with E-state index in [0.717, 1.165) is 32.1 Å². The molecule has 41 heavy (non-hydrogen) atoms. The molecule has 6 nitrogen and oxygen atoms in total. The van der Waals surface area contributed by atoms with E-state index in [9.17, 15) is 9.59 Å². The largest absolute Gasteiger partial charge is 0.463 e. The molecule has 3 aromatic carbocycles. The van der Waals surface area contributed by atoms with Gasteiger partial charge in [-0.1, -0.05) is 87.4 Å². The second-order valence-electron chi connectivity index (χ2n) is 9.67. The molecule has 0 radical (unpaired) electrons. The molecule has 0 N–H and O–H groups in total. The third-order valence-corrected chi connectivity index (χ3v) is 8.99. The van der Waals surface area contributed by atoms with Crippen molar-refractivity contribution in [2.24, 2.45) is 4.99 Å². The van der Waals surface area contributed by atoms with Gasteiger partial charge in [-0.3, -0.25) is 9.36 Å². The number of hydrogen-bond acceptors (Lipinski definition) is 5. The summed E-state index contributed by atoms with van der Waals surface area (Å²) in [5.74, 6) is -0.474. The summed E-state index contributed by atoms with van der Waals surface area (Å²) in [5.41, 5.74) is 4.47. The molecule has 1 aliphatic heterocycles. The average Bonchev–Trinajstić information content (AvgIpc) is 3.46. The number of thiazole rings is 1. The highest BCUT2D eigenvalue weighted by Gasteiger charge is 2.33. The van der Waals surface area contributed by atoms with E-state index in [1.54, 1.807) is 18.4 Å². The van der Waals surface area contributed by atoms with Crippen molar-refractivity contribution < 1.29 is 9.53 Å².